The normalized spacial score (nSPS) is 18.9. The highest BCUT2D eigenvalue weighted by molar-refractivity contribution is 5.78. The highest BCUT2D eigenvalue weighted by Crippen LogP contribution is 2.28. The van der Waals surface area contributed by atoms with Gasteiger partial charge in [-0.05, 0) is 55.4 Å². The average molecular weight is 531 g/mol. The van der Waals surface area contributed by atoms with Crippen LogP contribution in [-0.4, -0.2) is 49.3 Å². The Morgan fingerprint density at radius 2 is 1.59 bits per heavy atom. The van der Waals surface area contributed by atoms with Crippen molar-refractivity contribution < 1.29 is 14.3 Å². The van der Waals surface area contributed by atoms with E-state index < -0.39 is 0 Å². The van der Waals surface area contributed by atoms with Crippen molar-refractivity contribution in [3.8, 4) is 0 Å². The topological polar surface area (TPSA) is 64.8 Å². The smallest absolute Gasteiger partial charge is 0.313 e. The Bertz CT molecular complexity index is 1100. The molecule has 3 aromatic carbocycles. The molecule has 1 saturated heterocycles. The molecular formula is C34H46N2O3. The van der Waals surface area contributed by atoms with Crippen LogP contribution >= 0.6 is 0 Å². The van der Waals surface area contributed by atoms with Crippen LogP contribution in [0.1, 0.15) is 68.4 Å². The minimum absolute atomic E-state index is 0.0587. The standard InChI is InChI=1S/C23H29NO3.C11H17N/c1-3-21(19-10-6-4-7-11-19)23(25)27-17-15-24-14-16-26-22(18(24)2)20-12-8-5-9-13-20;1-3-10-6-4-5-7-11(10)8-9(2)12/h4-13,18,21-22H,3,14-17H2,1-2H3;4-7,9H,3,8,12H2,1-2H3. The summed E-state index contributed by atoms with van der Waals surface area (Å²) in [7, 11) is 0. The lowest BCUT2D eigenvalue weighted by Gasteiger charge is -2.39. The Kier molecular flexibility index (Phi) is 12.7. The first-order valence-corrected chi connectivity index (χ1v) is 14.4. The second-order valence-corrected chi connectivity index (χ2v) is 10.3. The van der Waals surface area contributed by atoms with Crippen LogP contribution in [0.25, 0.3) is 0 Å². The summed E-state index contributed by atoms with van der Waals surface area (Å²) in [5.74, 6) is -0.324. The highest BCUT2D eigenvalue weighted by Gasteiger charge is 2.30. The first kappa shape index (κ1) is 30.6. The Labute approximate surface area is 235 Å². The van der Waals surface area contributed by atoms with Crippen molar-refractivity contribution in [1.29, 1.82) is 0 Å². The molecule has 1 heterocycles. The fourth-order valence-corrected chi connectivity index (χ4v) is 5.20. The molecule has 0 radical (unpaired) electrons. The Balaban J connectivity index is 0.000000293. The maximum absolute atomic E-state index is 12.5. The van der Waals surface area contributed by atoms with Crippen LogP contribution in [0, 0.1) is 0 Å². The van der Waals surface area contributed by atoms with E-state index in [2.05, 4.69) is 55.1 Å². The summed E-state index contributed by atoms with van der Waals surface area (Å²) < 4.78 is 11.6. The molecule has 39 heavy (non-hydrogen) atoms. The van der Waals surface area contributed by atoms with Crippen molar-refractivity contribution in [3.63, 3.8) is 0 Å². The Morgan fingerprint density at radius 1 is 0.974 bits per heavy atom. The summed E-state index contributed by atoms with van der Waals surface area (Å²) in [5.41, 5.74) is 10.8. The second-order valence-electron chi connectivity index (χ2n) is 10.3. The second kappa shape index (κ2) is 16.2. The van der Waals surface area contributed by atoms with Gasteiger partial charge in [-0.2, -0.15) is 0 Å². The van der Waals surface area contributed by atoms with Gasteiger partial charge in [0.2, 0.25) is 0 Å². The van der Waals surface area contributed by atoms with E-state index in [9.17, 15) is 4.79 Å². The third-order valence-corrected chi connectivity index (χ3v) is 7.38. The number of rotatable bonds is 10. The number of aryl methyl sites for hydroxylation is 1. The summed E-state index contributed by atoms with van der Waals surface area (Å²) >= 11 is 0. The number of carbonyl (C=O) groups is 1. The molecule has 2 N–H and O–H groups in total. The lowest BCUT2D eigenvalue weighted by molar-refractivity contribution is -0.147. The third kappa shape index (κ3) is 9.31. The Hall–Kier alpha value is -2.99. The van der Waals surface area contributed by atoms with Gasteiger partial charge in [-0.15, -0.1) is 0 Å². The first-order valence-electron chi connectivity index (χ1n) is 14.4. The highest BCUT2D eigenvalue weighted by atomic mass is 16.5. The number of nitrogens with two attached hydrogens (primary N) is 1. The zero-order valence-corrected chi connectivity index (χ0v) is 24.1. The predicted molar refractivity (Wildman–Crippen MR) is 160 cm³/mol. The van der Waals surface area contributed by atoms with Crippen molar-refractivity contribution in [1.82, 2.24) is 4.90 Å². The van der Waals surface area contributed by atoms with Crippen molar-refractivity contribution >= 4 is 5.97 Å². The van der Waals surface area contributed by atoms with Gasteiger partial charge in [-0.25, -0.2) is 0 Å². The summed E-state index contributed by atoms with van der Waals surface area (Å²) in [4.78, 5) is 14.9. The monoisotopic (exact) mass is 530 g/mol. The molecule has 1 fully saturated rings. The van der Waals surface area contributed by atoms with Gasteiger partial charge in [0, 0.05) is 25.2 Å². The number of carbonyl (C=O) groups excluding carboxylic acids is 1. The molecule has 210 valence electrons. The number of esters is 1. The quantitative estimate of drug-likeness (QED) is 0.311. The van der Waals surface area contributed by atoms with Gasteiger partial charge in [-0.3, -0.25) is 9.69 Å². The zero-order valence-electron chi connectivity index (χ0n) is 24.1. The number of hydrogen-bond acceptors (Lipinski definition) is 5. The number of benzene rings is 3. The molecule has 0 aromatic heterocycles. The summed E-state index contributed by atoms with van der Waals surface area (Å²) in [6.45, 7) is 11.1. The van der Waals surface area contributed by atoms with Crippen LogP contribution in [0.3, 0.4) is 0 Å². The zero-order chi connectivity index (χ0) is 28.0. The van der Waals surface area contributed by atoms with Crippen LogP contribution in [0.15, 0.2) is 84.9 Å². The minimum Gasteiger partial charge on any atom is -0.464 e. The van der Waals surface area contributed by atoms with Gasteiger partial charge in [-0.1, -0.05) is 98.8 Å². The predicted octanol–water partition coefficient (Wildman–Crippen LogP) is 6.32. The van der Waals surface area contributed by atoms with Crippen LogP contribution in [-0.2, 0) is 27.1 Å². The molecule has 5 nitrogen and oxygen atoms in total. The SMILES string of the molecule is CCC(C(=O)OCCN1CCOC(c2ccccc2)C1C)c1ccccc1.CCc1ccccc1CC(C)N. The summed E-state index contributed by atoms with van der Waals surface area (Å²) in [5, 5.41) is 0. The van der Waals surface area contributed by atoms with Crippen LogP contribution < -0.4 is 5.73 Å². The van der Waals surface area contributed by atoms with E-state index in [0.717, 1.165) is 37.9 Å². The van der Waals surface area contributed by atoms with Gasteiger partial charge >= 0.3 is 5.97 Å². The molecule has 0 amide bonds. The van der Waals surface area contributed by atoms with E-state index in [1.165, 1.54) is 16.7 Å². The molecule has 1 aliphatic rings. The van der Waals surface area contributed by atoms with Crippen molar-refractivity contribution in [2.75, 3.05) is 26.3 Å². The van der Waals surface area contributed by atoms with E-state index in [4.69, 9.17) is 15.2 Å². The maximum Gasteiger partial charge on any atom is 0.313 e. The lowest BCUT2D eigenvalue weighted by Crippen LogP contribution is -2.47. The average Bonchev–Trinajstić information content (AvgIpc) is 2.96. The van der Waals surface area contributed by atoms with E-state index >= 15 is 0 Å². The van der Waals surface area contributed by atoms with Crippen LogP contribution in [0.5, 0.6) is 0 Å². The van der Waals surface area contributed by atoms with E-state index in [1.54, 1.807) is 0 Å². The van der Waals surface area contributed by atoms with Gasteiger partial charge in [0.25, 0.3) is 0 Å². The van der Waals surface area contributed by atoms with Crippen molar-refractivity contribution in [2.24, 2.45) is 5.73 Å². The van der Waals surface area contributed by atoms with Gasteiger partial charge in [0.15, 0.2) is 0 Å². The molecule has 4 atom stereocenters. The number of morpholine rings is 1. The van der Waals surface area contributed by atoms with E-state index in [-0.39, 0.29) is 30.1 Å². The molecule has 0 spiro atoms. The minimum atomic E-state index is -0.189. The number of hydrogen-bond donors (Lipinski definition) is 1. The molecule has 4 rings (SSSR count). The van der Waals surface area contributed by atoms with Gasteiger partial charge < -0.3 is 15.2 Å². The summed E-state index contributed by atoms with van der Waals surface area (Å²) in [6.07, 6.45) is 2.89. The van der Waals surface area contributed by atoms with Gasteiger partial charge in [0.1, 0.15) is 6.61 Å². The largest absolute Gasteiger partial charge is 0.464 e. The fraction of sp³-hybridized carbons (Fsp3) is 0.441. The van der Waals surface area contributed by atoms with Gasteiger partial charge in [0.05, 0.1) is 18.6 Å². The van der Waals surface area contributed by atoms with Crippen LogP contribution in [0.2, 0.25) is 0 Å². The molecule has 5 heteroatoms. The van der Waals surface area contributed by atoms with Crippen LogP contribution in [0.4, 0.5) is 0 Å². The maximum atomic E-state index is 12.5. The first-order chi connectivity index (χ1) is 18.9. The van der Waals surface area contributed by atoms with E-state index in [0.29, 0.717) is 13.2 Å². The van der Waals surface area contributed by atoms with Crippen molar-refractivity contribution in [2.45, 2.75) is 71.1 Å². The molecule has 0 bridgehead atoms. The molecule has 1 aliphatic heterocycles. The number of nitrogens with zero attached hydrogens (tertiary/aromatic N) is 1. The Morgan fingerprint density at radius 3 is 2.21 bits per heavy atom. The van der Waals surface area contributed by atoms with E-state index in [1.807, 2.05) is 62.4 Å². The lowest BCUT2D eigenvalue weighted by atomic mass is 9.97. The van der Waals surface area contributed by atoms with Crippen molar-refractivity contribution in [3.05, 3.63) is 107 Å². The molecule has 0 aliphatic carbocycles. The molecule has 3 aromatic rings. The fourth-order valence-electron chi connectivity index (χ4n) is 5.20. The summed E-state index contributed by atoms with van der Waals surface area (Å²) in [6, 6.07) is 29.2. The third-order valence-electron chi connectivity index (χ3n) is 7.38. The molecule has 4 unspecified atom stereocenters. The molecular weight excluding hydrogens is 484 g/mol. The number of ether oxygens (including phenoxy) is 2. The molecule has 0 saturated carbocycles.